The number of hydrogen-bond donors (Lipinski definition) is 1. The third-order valence-corrected chi connectivity index (χ3v) is 6.22. The molecule has 0 saturated carbocycles. The summed E-state index contributed by atoms with van der Waals surface area (Å²) in [6.07, 6.45) is 2.88. The van der Waals surface area contributed by atoms with E-state index in [2.05, 4.69) is 40.1 Å². The van der Waals surface area contributed by atoms with Gasteiger partial charge < -0.3 is 5.11 Å². The van der Waals surface area contributed by atoms with Gasteiger partial charge in [0.2, 0.25) is 0 Å². The van der Waals surface area contributed by atoms with Crippen LogP contribution in [0.4, 0.5) is 4.39 Å². The van der Waals surface area contributed by atoms with E-state index in [0.29, 0.717) is 5.92 Å². The Hall–Kier alpha value is -1.75. The molecule has 144 valence electrons. The molecule has 2 aliphatic heterocycles. The van der Waals surface area contributed by atoms with E-state index in [1.165, 1.54) is 17.7 Å². The summed E-state index contributed by atoms with van der Waals surface area (Å²) < 4.78 is 13.1. The van der Waals surface area contributed by atoms with Crippen molar-refractivity contribution in [3.05, 3.63) is 71.5 Å². The summed E-state index contributed by atoms with van der Waals surface area (Å²) in [5.74, 6) is 0.450. The van der Waals surface area contributed by atoms with E-state index in [0.717, 1.165) is 57.5 Å². The maximum Gasteiger partial charge on any atom is 0.123 e. The number of aliphatic hydroxyl groups is 1. The van der Waals surface area contributed by atoms with Gasteiger partial charge in [0.05, 0.1) is 6.10 Å². The predicted molar refractivity (Wildman–Crippen MR) is 106 cm³/mol. The predicted octanol–water partition coefficient (Wildman–Crippen LogP) is 3.64. The molecule has 1 N–H and O–H groups in total. The van der Waals surface area contributed by atoms with Crippen LogP contribution in [0.5, 0.6) is 0 Å². The summed E-state index contributed by atoms with van der Waals surface area (Å²) in [6, 6.07) is 17.8. The van der Waals surface area contributed by atoms with Crippen LogP contribution in [-0.2, 0) is 6.54 Å². The molecule has 0 radical (unpaired) electrons. The van der Waals surface area contributed by atoms with Crippen molar-refractivity contribution in [2.24, 2.45) is 0 Å². The highest BCUT2D eigenvalue weighted by atomic mass is 19.1. The van der Waals surface area contributed by atoms with Crippen LogP contribution < -0.4 is 0 Å². The van der Waals surface area contributed by atoms with Crippen molar-refractivity contribution in [3.63, 3.8) is 0 Å². The van der Waals surface area contributed by atoms with Gasteiger partial charge in [-0.3, -0.25) is 9.80 Å². The van der Waals surface area contributed by atoms with E-state index in [-0.39, 0.29) is 18.0 Å². The van der Waals surface area contributed by atoms with Crippen LogP contribution in [0.25, 0.3) is 0 Å². The second-order valence-electron chi connectivity index (χ2n) is 8.01. The van der Waals surface area contributed by atoms with Gasteiger partial charge in [0, 0.05) is 25.7 Å². The highest BCUT2D eigenvalue weighted by Crippen LogP contribution is 2.30. The summed E-state index contributed by atoms with van der Waals surface area (Å²) in [5.41, 5.74) is 2.58. The van der Waals surface area contributed by atoms with E-state index < -0.39 is 0 Å². The quantitative estimate of drug-likeness (QED) is 0.893. The molecule has 0 bridgehead atoms. The van der Waals surface area contributed by atoms with E-state index in [4.69, 9.17) is 0 Å². The molecule has 0 spiro atoms. The highest BCUT2D eigenvalue weighted by Gasteiger charge is 2.34. The van der Waals surface area contributed by atoms with Crippen LogP contribution in [0.2, 0.25) is 0 Å². The van der Waals surface area contributed by atoms with Crippen molar-refractivity contribution in [1.82, 2.24) is 9.80 Å². The lowest BCUT2D eigenvalue weighted by molar-refractivity contribution is -0.0222. The summed E-state index contributed by atoms with van der Waals surface area (Å²) in [6.45, 7) is 4.70. The number of benzene rings is 2. The SMILES string of the molecule is O[C@H]1CCN(Cc2ccc(F)cc2)C[C@@H]1N1CCC(c2ccccc2)CC1. The maximum absolute atomic E-state index is 13.1. The first kappa shape index (κ1) is 18.6. The van der Waals surface area contributed by atoms with Crippen LogP contribution in [-0.4, -0.2) is 53.2 Å². The molecule has 2 aliphatic rings. The average Bonchev–Trinajstić information content (AvgIpc) is 2.72. The van der Waals surface area contributed by atoms with Gasteiger partial charge in [-0.1, -0.05) is 42.5 Å². The zero-order valence-corrected chi connectivity index (χ0v) is 15.8. The largest absolute Gasteiger partial charge is 0.391 e. The number of hydrogen-bond acceptors (Lipinski definition) is 3. The second kappa shape index (κ2) is 8.51. The molecule has 0 aromatic heterocycles. The molecule has 0 amide bonds. The molecular formula is C23H29FN2O. The number of piperidine rings is 2. The maximum atomic E-state index is 13.1. The molecule has 4 heteroatoms. The Labute approximate surface area is 161 Å². The lowest BCUT2D eigenvalue weighted by Gasteiger charge is -2.45. The number of nitrogens with zero attached hydrogens (tertiary/aromatic N) is 2. The molecule has 2 atom stereocenters. The third kappa shape index (κ3) is 4.57. The minimum atomic E-state index is -0.247. The van der Waals surface area contributed by atoms with Crippen molar-refractivity contribution in [1.29, 1.82) is 0 Å². The Bertz CT molecular complexity index is 713. The monoisotopic (exact) mass is 368 g/mol. The average molecular weight is 368 g/mol. The fraction of sp³-hybridized carbons (Fsp3) is 0.478. The minimum Gasteiger partial charge on any atom is -0.391 e. The van der Waals surface area contributed by atoms with Crippen LogP contribution in [0.3, 0.4) is 0 Å². The highest BCUT2D eigenvalue weighted by molar-refractivity contribution is 5.20. The van der Waals surface area contributed by atoms with Gasteiger partial charge in [-0.05, 0) is 61.5 Å². The van der Waals surface area contributed by atoms with Crippen LogP contribution >= 0.6 is 0 Å². The summed E-state index contributed by atoms with van der Waals surface area (Å²) in [7, 11) is 0. The van der Waals surface area contributed by atoms with Gasteiger partial charge >= 0.3 is 0 Å². The molecule has 0 aliphatic carbocycles. The zero-order valence-electron chi connectivity index (χ0n) is 15.8. The van der Waals surface area contributed by atoms with Gasteiger partial charge in [-0.2, -0.15) is 0 Å². The van der Waals surface area contributed by atoms with Gasteiger partial charge in [0.1, 0.15) is 5.82 Å². The first-order valence-electron chi connectivity index (χ1n) is 10.1. The number of rotatable bonds is 4. The molecular weight excluding hydrogens is 339 g/mol. The fourth-order valence-electron chi connectivity index (χ4n) is 4.62. The molecule has 2 aromatic rings. The van der Waals surface area contributed by atoms with Gasteiger partial charge in [0.15, 0.2) is 0 Å². The lowest BCUT2D eigenvalue weighted by atomic mass is 9.88. The first-order chi connectivity index (χ1) is 13.2. The smallest absolute Gasteiger partial charge is 0.123 e. The summed E-state index contributed by atoms with van der Waals surface area (Å²) in [5, 5.41) is 10.6. The van der Waals surface area contributed by atoms with E-state index in [9.17, 15) is 9.50 Å². The molecule has 2 heterocycles. The Kier molecular flexibility index (Phi) is 5.86. The van der Waals surface area contributed by atoms with Crippen molar-refractivity contribution in [2.75, 3.05) is 26.2 Å². The Balaban J connectivity index is 1.34. The van der Waals surface area contributed by atoms with Gasteiger partial charge in [-0.25, -0.2) is 4.39 Å². The van der Waals surface area contributed by atoms with Gasteiger partial charge in [-0.15, -0.1) is 0 Å². The zero-order chi connectivity index (χ0) is 18.6. The summed E-state index contributed by atoms with van der Waals surface area (Å²) in [4.78, 5) is 4.88. The fourth-order valence-corrected chi connectivity index (χ4v) is 4.62. The second-order valence-corrected chi connectivity index (χ2v) is 8.01. The normalized spacial score (nSPS) is 25.6. The molecule has 3 nitrogen and oxygen atoms in total. The van der Waals surface area contributed by atoms with Crippen LogP contribution in [0.15, 0.2) is 54.6 Å². The van der Waals surface area contributed by atoms with Crippen molar-refractivity contribution in [3.8, 4) is 0 Å². The number of aliphatic hydroxyl groups excluding tert-OH is 1. The first-order valence-corrected chi connectivity index (χ1v) is 10.1. The van der Waals surface area contributed by atoms with E-state index in [1.807, 2.05) is 12.1 Å². The molecule has 2 saturated heterocycles. The molecule has 4 rings (SSSR count). The molecule has 0 unspecified atom stereocenters. The number of likely N-dealkylation sites (tertiary alicyclic amines) is 2. The Morgan fingerprint density at radius 2 is 1.59 bits per heavy atom. The molecule has 2 aromatic carbocycles. The molecule has 2 fully saturated rings. The minimum absolute atomic E-state index is 0.188. The number of halogens is 1. The topological polar surface area (TPSA) is 26.7 Å². The van der Waals surface area contributed by atoms with Crippen molar-refractivity contribution < 1.29 is 9.50 Å². The third-order valence-electron chi connectivity index (χ3n) is 6.22. The van der Waals surface area contributed by atoms with Crippen molar-refractivity contribution in [2.45, 2.75) is 43.9 Å². The Morgan fingerprint density at radius 1 is 0.889 bits per heavy atom. The van der Waals surface area contributed by atoms with Crippen LogP contribution in [0.1, 0.15) is 36.3 Å². The van der Waals surface area contributed by atoms with E-state index >= 15 is 0 Å². The molecule has 27 heavy (non-hydrogen) atoms. The summed E-state index contributed by atoms with van der Waals surface area (Å²) >= 11 is 0. The standard InChI is InChI=1S/C23H29FN2O/c24-21-8-6-18(7-9-21)16-25-13-12-23(27)22(17-25)26-14-10-20(11-15-26)19-4-2-1-3-5-19/h1-9,20,22-23,27H,10-17H2/t22-,23-/m0/s1. The van der Waals surface area contributed by atoms with Gasteiger partial charge in [0.25, 0.3) is 0 Å². The van der Waals surface area contributed by atoms with E-state index in [1.54, 1.807) is 0 Å². The van der Waals surface area contributed by atoms with Crippen LogP contribution in [0, 0.1) is 5.82 Å². The Morgan fingerprint density at radius 3 is 2.30 bits per heavy atom. The lowest BCUT2D eigenvalue weighted by Crippen LogP contribution is -2.56. The van der Waals surface area contributed by atoms with Crippen molar-refractivity contribution >= 4 is 0 Å².